The van der Waals surface area contributed by atoms with Gasteiger partial charge < -0.3 is 20.4 Å². The maximum atomic E-state index is 4.56. The van der Waals surface area contributed by atoms with Gasteiger partial charge in [0.05, 0.1) is 0 Å². The monoisotopic (exact) mass is 488 g/mol. The number of aromatic nitrogens is 1. The Balaban J connectivity index is 0.00000364. The highest BCUT2D eigenvalue weighted by atomic mass is 127. The van der Waals surface area contributed by atoms with Crippen LogP contribution in [0.5, 0.6) is 0 Å². The molecule has 0 bridgehead atoms. The van der Waals surface area contributed by atoms with Crippen LogP contribution in [-0.2, 0) is 6.54 Å². The molecule has 2 rings (SSSR count). The lowest BCUT2D eigenvalue weighted by Gasteiger charge is -2.33. The van der Waals surface area contributed by atoms with E-state index in [2.05, 4.69) is 70.4 Å². The van der Waals surface area contributed by atoms with Gasteiger partial charge in [-0.15, -0.1) is 24.0 Å². The first-order valence-corrected chi connectivity index (χ1v) is 9.83. The Labute approximate surface area is 182 Å². The van der Waals surface area contributed by atoms with Crippen LogP contribution in [0.25, 0.3) is 0 Å². The zero-order valence-corrected chi connectivity index (χ0v) is 19.9. The quantitative estimate of drug-likeness (QED) is 0.351. The van der Waals surface area contributed by atoms with E-state index in [-0.39, 0.29) is 24.0 Å². The molecular formula is C20H37IN6. The molecule has 0 aromatic carbocycles. The molecule has 1 fully saturated rings. The van der Waals surface area contributed by atoms with Gasteiger partial charge in [0, 0.05) is 52.0 Å². The number of halogens is 1. The summed E-state index contributed by atoms with van der Waals surface area (Å²) in [4.78, 5) is 13.6. The average Bonchev–Trinajstić information content (AvgIpc) is 2.64. The Morgan fingerprint density at radius 2 is 1.89 bits per heavy atom. The van der Waals surface area contributed by atoms with Crippen molar-refractivity contribution in [1.82, 2.24) is 20.5 Å². The van der Waals surface area contributed by atoms with E-state index in [1.807, 2.05) is 13.2 Å². The van der Waals surface area contributed by atoms with Crippen LogP contribution in [0.2, 0.25) is 0 Å². The lowest BCUT2D eigenvalue weighted by molar-refractivity contribution is 0.312. The van der Waals surface area contributed by atoms with Crippen molar-refractivity contribution in [2.75, 3.05) is 45.2 Å². The third-order valence-electron chi connectivity index (χ3n) is 4.88. The molecule has 0 amide bonds. The molecule has 0 spiro atoms. The molecule has 27 heavy (non-hydrogen) atoms. The number of nitrogens with one attached hydrogen (secondary N) is 2. The topological polar surface area (TPSA) is 55.8 Å². The van der Waals surface area contributed by atoms with Gasteiger partial charge in [0.2, 0.25) is 0 Å². The minimum atomic E-state index is 0. The standard InChI is InChI=1S/C20H36N6.HI/c1-16(2)6-7-17(3)24-20(21-4)23-15-18-8-9-22-19(14-18)26-12-10-25(5)11-13-26;/h8-9,14,16-17H,6-7,10-13,15H2,1-5H3,(H2,21,23,24);1H. The molecule has 1 unspecified atom stereocenters. The minimum absolute atomic E-state index is 0. The summed E-state index contributed by atoms with van der Waals surface area (Å²) >= 11 is 0. The molecule has 1 aromatic heterocycles. The SMILES string of the molecule is CN=C(NCc1ccnc(N2CCN(C)CC2)c1)NC(C)CCC(C)C.I. The highest BCUT2D eigenvalue weighted by molar-refractivity contribution is 14.0. The number of hydrogen-bond acceptors (Lipinski definition) is 4. The lowest BCUT2D eigenvalue weighted by Crippen LogP contribution is -2.45. The number of aliphatic imine (C=N–C) groups is 1. The molecule has 6 nitrogen and oxygen atoms in total. The molecule has 1 saturated heterocycles. The Bertz CT molecular complexity index is 569. The van der Waals surface area contributed by atoms with Gasteiger partial charge in [0.15, 0.2) is 5.96 Å². The van der Waals surface area contributed by atoms with Gasteiger partial charge in [-0.1, -0.05) is 13.8 Å². The Kier molecular flexibility index (Phi) is 11.0. The summed E-state index contributed by atoms with van der Waals surface area (Å²) in [7, 11) is 4.00. The highest BCUT2D eigenvalue weighted by Crippen LogP contribution is 2.14. The first-order chi connectivity index (χ1) is 12.5. The van der Waals surface area contributed by atoms with Crippen molar-refractivity contribution < 1.29 is 0 Å². The minimum Gasteiger partial charge on any atom is -0.354 e. The van der Waals surface area contributed by atoms with Crippen molar-refractivity contribution in [3.8, 4) is 0 Å². The summed E-state index contributed by atoms with van der Waals surface area (Å²) in [6, 6.07) is 4.68. The molecular weight excluding hydrogens is 451 g/mol. The van der Waals surface area contributed by atoms with E-state index in [4.69, 9.17) is 0 Å². The molecule has 1 aliphatic heterocycles. The molecule has 1 atom stereocenters. The zero-order valence-electron chi connectivity index (χ0n) is 17.5. The fourth-order valence-electron chi connectivity index (χ4n) is 3.05. The summed E-state index contributed by atoms with van der Waals surface area (Å²) in [6.07, 6.45) is 4.29. The van der Waals surface area contributed by atoms with Crippen LogP contribution in [-0.4, -0.2) is 62.2 Å². The zero-order chi connectivity index (χ0) is 18.9. The maximum absolute atomic E-state index is 4.56. The maximum Gasteiger partial charge on any atom is 0.191 e. The summed E-state index contributed by atoms with van der Waals surface area (Å²) in [5, 5.41) is 6.91. The van der Waals surface area contributed by atoms with Crippen LogP contribution in [0.15, 0.2) is 23.3 Å². The van der Waals surface area contributed by atoms with Crippen LogP contribution in [0.1, 0.15) is 39.2 Å². The molecule has 2 N–H and O–H groups in total. The van der Waals surface area contributed by atoms with Gasteiger partial charge >= 0.3 is 0 Å². The predicted octanol–water partition coefficient (Wildman–Crippen LogP) is 2.94. The summed E-state index contributed by atoms with van der Waals surface area (Å²) < 4.78 is 0. The van der Waals surface area contributed by atoms with Crippen molar-refractivity contribution >= 4 is 35.8 Å². The lowest BCUT2D eigenvalue weighted by atomic mass is 10.0. The summed E-state index contributed by atoms with van der Waals surface area (Å²) in [5.41, 5.74) is 1.23. The van der Waals surface area contributed by atoms with Gasteiger partial charge in [0.25, 0.3) is 0 Å². The molecule has 2 heterocycles. The van der Waals surface area contributed by atoms with Crippen LogP contribution in [0, 0.1) is 5.92 Å². The van der Waals surface area contributed by atoms with Crippen LogP contribution in [0.4, 0.5) is 5.82 Å². The molecule has 0 saturated carbocycles. The second kappa shape index (κ2) is 12.4. The van der Waals surface area contributed by atoms with Crippen molar-refractivity contribution in [2.24, 2.45) is 10.9 Å². The van der Waals surface area contributed by atoms with E-state index < -0.39 is 0 Å². The number of anilines is 1. The van der Waals surface area contributed by atoms with E-state index in [0.29, 0.717) is 6.04 Å². The predicted molar refractivity (Wildman–Crippen MR) is 126 cm³/mol. The number of rotatable bonds is 7. The number of guanidine groups is 1. The third kappa shape index (κ3) is 8.64. The van der Waals surface area contributed by atoms with Crippen LogP contribution < -0.4 is 15.5 Å². The molecule has 7 heteroatoms. The van der Waals surface area contributed by atoms with E-state index >= 15 is 0 Å². The number of pyridine rings is 1. The molecule has 0 radical (unpaired) electrons. The highest BCUT2D eigenvalue weighted by Gasteiger charge is 2.15. The van der Waals surface area contributed by atoms with Crippen LogP contribution >= 0.6 is 24.0 Å². The van der Waals surface area contributed by atoms with Crippen LogP contribution in [0.3, 0.4) is 0 Å². The average molecular weight is 488 g/mol. The third-order valence-corrected chi connectivity index (χ3v) is 4.88. The molecule has 1 aliphatic rings. The molecule has 1 aromatic rings. The first-order valence-electron chi connectivity index (χ1n) is 9.83. The van der Waals surface area contributed by atoms with Crippen molar-refractivity contribution in [2.45, 2.75) is 46.2 Å². The van der Waals surface area contributed by atoms with Gasteiger partial charge in [-0.3, -0.25) is 4.99 Å². The van der Waals surface area contributed by atoms with E-state index in [1.54, 1.807) is 0 Å². The van der Waals surface area contributed by atoms with Gasteiger partial charge in [-0.2, -0.15) is 0 Å². The Hall–Kier alpha value is -1.09. The van der Waals surface area contributed by atoms with Crippen molar-refractivity contribution in [3.05, 3.63) is 23.9 Å². The van der Waals surface area contributed by atoms with Gasteiger partial charge in [-0.05, 0) is 50.4 Å². The fraction of sp³-hybridized carbons (Fsp3) is 0.700. The Morgan fingerprint density at radius 3 is 2.52 bits per heavy atom. The van der Waals surface area contributed by atoms with E-state index in [0.717, 1.165) is 56.8 Å². The summed E-state index contributed by atoms with van der Waals surface area (Å²) in [5.74, 6) is 2.67. The normalized spacial score (nSPS) is 16.8. The summed E-state index contributed by atoms with van der Waals surface area (Å²) in [6.45, 7) is 11.8. The second-order valence-corrected chi connectivity index (χ2v) is 7.75. The second-order valence-electron chi connectivity index (χ2n) is 7.75. The van der Waals surface area contributed by atoms with E-state index in [9.17, 15) is 0 Å². The number of hydrogen-bond donors (Lipinski definition) is 2. The smallest absolute Gasteiger partial charge is 0.191 e. The number of likely N-dealkylation sites (N-methyl/N-ethyl adjacent to an activating group) is 1. The molecule has 0 aliphatic carbocycles. The van der Waals surface area contributed by atoms with E-state index in [1.165, 1.54) is 12.0 Å². The number of nitrogens with zero attached hydrogens (tertiary/aromatic N) is 4. The Morgan fingerprint density at radius 1 is 1.19 bits per heavy atom. The van der Waals surface area contributed by atoms with Crippen molar-refractivity contribution in [1.29, 1.82) is 0 Å². The van der Waals surface area contributed by atoms with Gasteiger partial charge in [-0.25, -0.2) is 4.98 Å². The van der Waals surface area contributed by atoms with Gasteiger partial charge in [0.1, 0.15) is 5.82 Å². The van der Waals surface area contributed by atoms with Crippen molar-refractivity contribution in [3.63, 3.8) is 0 Å². The molecule has 154 valence electrons. The first kappa shape index (κ1) is 23.9. The number of piperazine rings is 1. The fourth-order valence-corrected chi connectivity index (χ4v) is 3.05. The largest absolute Gasteiger partial charge is 0.354 e.